The summed E-state index contributed by atoms with van der Waals surface area (Å²) < 4.78 is 16.5. The molecule has 0 N–H and O–H groups in total. The number of nitrogens with zero attached hydrogens (tertiary/aromatic N) is 1. The Hall–Kier alpha value is -2.38. The van der Waals surface area contributed by atoms with E-state index in [9.17, 15) is 4.79 Å². The molecule has 1 saturated heterocycles. The van der Waals surface area contributed by atoms with Gasteiger partial charge in [0.1, 0.15) is 6.29 Å². The summed E-state index contributed by atoms with van der Waals surface area (Å²) in [7, 11) is 0. The predicted octanol–water partition coefficient (Wildman–Crippen LogP) is 4.20. The summed E-state index contributed by atoms with van der Waals surface area (Å²) in [4.78, 5) is 11.1. The standard InChI is InChI=1S/C31H35INO3/c1-23(21-32-33-18-6-3-7-19-33)35-26-14-16-31(2,17-15-26)20-28-27-8-4-5-9-29(27)36-30(28)25-12-10-24(22-34)11-13-25/h4-5,8-16,22-23H,3,6-7,17-21H2,1-2H3/q-1. The molecule has 0 radical (unpaired) electrons. The molecule has 4 nitrogen and oxygen atoms in total. The van der Waals surface area contributed by atoms with E-state index in [4.69, 9.17) is 9.15 Å². The van der Waals surface area contributed by atoms with E-state index in [-0.39, 0.29) is 33.0 Å². The van der Waals surface area contributed by atoms with Gasteiger partial charge < -0.3 is 0 Å². The van der Waals surface area contributed by atoms with Crippen LogP contribution in [0, 0.1) is 5.41 Å². The van der Waals surface area contributed by atoms with Crippen LogP contribution in [0.4, 0.5) is 0 Å². The summed E-state index contributed by atoms with van der Waals surface area (Å²) >= 11 is 0.0668. The Bertz CT molecular complexity index is 1250. The fourth-order valence-electron chi connectivity index (χ4n) is 5.03. The van der Waals surface area contributed by atoms with Gasteiger partial charge in [0.15, 0.2) is 0 Å². The Labute approximate surface area is 225 Å². The number of rotatable bonds is 9. The van der Waals surface area contributed by atoms with Gasteiger partial charge in [-0.2, -0.15) is 0 Å². The first-order valence-electron chi connectivity index (χ1n) is 13.0. The molecule has 190 valence electrons. The Kier molecular flexibility index (Phi) is 7.96. The van der Waals surface area contributed by atoms with Gasteiger partial charge in [-0.25, -0.2) is 0 Å². The van der Waals surface area contributed by atoms with E-state index in [1.54, 1.807) is 0 Å². The second-order valence-electron chi connectivity index (χ2n) is 10.3. The molecule has 5 heteroatoms. The molecule has 0 saturated carbocycles. The number of carbonyl (C=O) groups is 1. The maximum absolute atomic E-state index is 11.1. The molecule has 2 atom stereocenters. The van der Waals surface area contributed by atoms with Crippen LogP contribution in [0.1, 0.15) is 55.5 Å². The SMILES string of the molecule is CC(C[I-]N1CCCCC1)OC1=CCC(C)(Cc2c(-c3ccc(C=O)cc3)oc3ccccc23)C=C1. The number of allylic oxidation sites excluding steroid dienone is 3. The Balaban J connectivity index is 1.28. The summed E-state index contributed by atoms with van der Waals surface area (Å²) in [5.41, 5.74) is 3.76. The molecule has 1 aliphatic carbocycles. The number of fused-ring (bicyclic) bond motifs is 1. The zero-order valence-corrected chi connectivity index (χ0v) is 23.4. The third-order valence-electron chi connectivity index (χ3n) is 7.10. The molecule has 2 unspecified atom stereocenters. The summed E-state index contributed by atoms with van der Waals surface area (Å²) in [6.07, 6.45) is 13.8. The second-order valence-corrected chi connectivity index (χ2v) is 13.2. The molecular weight excluding hydrogens is 561 g/mol. The molecule has 0 spiro atoms. The van der Waals surface area contributed by atoms with Gasteiger partial charge in [-0.05, 0) is 0 Å². The fraction of sp³-hybridized carbons (Fsp3) is 0.387. The maximum atomic E-state index is 11.1. The van der Waals surface area contributed by atoms with Gasteiger partial charge in [0, 0.05) is 5.56 Å². The Morgan fingerprint density at radius 3 is 2.61 bits per heavy atom. The molecule has 1 aromatic heterocycles. The van der Waals surface area contributed by atoms with E-state index < -0.39 is 0 Å². The van der Waals surface area contributed by atoms with E-state index in [1.165, 1.54) is 42.3 Å². The second kappa shape index (κ2) is 11.3. The quantitative estimate of drug-likeness (QED) is 0.161. The van der Waals surface area contributed by atoms with Gasteiger partial charge >= 0.3 is 191 Å². The average molecular weight is 597 g/mol. The van der Waals surface area contributed by atoms with Gasteiger partial charge in [0.2, 0.25) is 0 Å². The monoisotopic (exact) mass is 596 g/mol. The van der Waals surface area contributed by atoms with Crippen molar-refractivity contribution in [1.82, 2.24) is 3.11 Å². The normalized spacial score (nSPS) is 21.4. The number of furan rings is 1. The number of halogens is 1. The number of hydrogen-bond acceptors (Lipinski definition) is 4. The number of piperidine rings is 1. The van der Waals surface area contributed by atoms with Crippen LogP contribution < -0.4 is 21.5 Å². The van der Waals surface area contributed by atoms with Gasteiger partial charge in [0.25, 0.3) is 0 Å². The molecule has 3 aromatic rings. The van der Waals surface area contributed by atoms with Crippen LogP contribution in [0.25, 0.3) is 22.3 Å². The number of carbonyl (C=O) groups excluding carboxylic acids is 1. The van der Waals surface area contributed by atoms with Crippen LogP contribution in [0.5, 0.6) is 0 Å². The van der Waals surface area contributed by atoms with Crippen LogP contribution >= 0.6 is 0 Å². The van der Waals surface area contributed by atoms with Crippen molar-refractivity contribution in [3.63, 3.8) is 0 Å². The van der Waals surface area contributed by atoms with Crippen LogP contribution in [0.3, 0.4) is 0 Å². The van der Waals surface area contributed by atoms with E-state index in [0.717, 1.165) is 47.2 Å². The first-order valence-corrected chi connectivity index (χ1v) is 15.5. The molecule has 1 aliphatic heterocycles. The third kappa shape index (κ3) is 5.94. The summed E-state index contributed by atoms with van der Waals surface area (Å²) in [6.45, 7) is 7.09. The summed E-state index contributed by atoms with van der Waals surface area (Å²) in [5, 5.41) is 1.16. The van der Waals surface area contributed by atoms with Crippen molar-refractivity contribution in [1.29, 1.82) is 0 Å². The molecule has 0 bridgehead atoms. The first kappa shape index (κ1) is 25.3. The molecule has 2 aromatic carbocycles. The number of para-hydroxylation sites is 1. The molecular formula is C31H35INO3-. The third-order valence-corrected chi connectivity index (χ3v) is 10.7. The number of alkyl halides is 1. The first-order chi connectivity index (χ1) is 17.5. The van der Waals surface area contributed by atoms with E-state index in [0.29, 0.717) is 5.56 Å². The van der Waals surface area contributed by atoms with E-state index in [1.807, 2.05) is 36.4 Å². The molecule has 0 amide bonds. The number of benzene rings is 2. The predicted molar refractivity (Wildman–Crippen MR) is 142 cm³/mol. The van der Waals surface area contributed by atoms with Crippen LogP contribution in [0.15, 0.2) is 76.9 Å². The van der Waals surface area contributed by atoms with Crippen molar-refractivity contribution in [3.05, 3.63) is 83.6 Å². The molecule has 36 heavy (non-hydrogen) atoms. The minimum atomic E-state index is -0.0268. The van der Waals surface area contributed by atoms with Gasteiger partial charge in [-0.1, -0.05) is 18.2 Å². The van der Waals surface area contributed by atoms with Gasteiger partial charge in [0.05, 0.1) is 0 Å². The number of ether oxygens (including phenoxy) is 1. The van der Waals surface area contributed by atoms with Crippen LogP contribution in [-0.4, -0.2) is 33.0 Å². The molecule has 2 aliphatic rings. The van der Waals surface area contributed by atoms with Crippen molar-refractivity contribution in [2.75, 3.05) is 17.5 Å². The Morgan fingerprint density at radius 1 is 1.11 bits per heavy atom. The fourth-order valence-corrected chi connectivity index (χ4v) is 7.69. The summed E-state index contributed by atoms with van der Waals surface area (Å²) in [5.74, 6) is 1.90. The Morgan fingerprint density at radius 2 is 1.89 bits per heavy atom. The van der Waals surface area contributed by atoms with Crippen LogP contribution in [-0.2, 0) is 11.2 Å². The van der Waals surface area contributed by atoms with E-state index >= 15 is 0 Å². The zero-order valence-electron chi connectivity index (χ0n) is 21.2. The number of hydrogen-bond donors (Lipinski definition) is 0. The van der Waals surface area contributed by atoms with Crippen molar-refractivity contribution in [3.8, 4) is 11.3 Å². The molecule has 1 fully saturated rings. The van der Waals surface area contributed by atoms with Crippen LogP contribution in [0.2, 0.25) is 0 Å². The van der Waals surface area contributed by atoms with Gasteiger partial charge in [-0.3, -0.25) is 4.79 Å². The zero-order chi connectivity index (χ0) is 25.0. The van der Waals surface area contributed by atoms with Crippen molar-refractivity contribution in [2.45, 2.75) is 52.1 Å². The summed E-state index contributed by atoms with van der Waals surface area (Å²) in [6, 6.07) is 15.9. The topological polar surface area (TPSA) is 42.7 Å². The van der Waals surface area contributed by atoms with E-state index in [2.05, 4.69) is 47.3 Å². The number of aldehydes is 1. The minimum absolute atomic E-state index is 0.0268. The van der Waals surface area contributed by atoms with Gasteiger partial charge in [-0.15, -0.1) is 0 Å². The van der Waals surface area contributed by atoms with Crippen molar-refractivity contribution >= 4 is 17.3 Å². The average Bonchev–Trinajstić information content (AvgIpc) is 3.27. The molecule has 2 heterocycles. The van der Waals surface area contributed by atoms with Crippen molar-refractivity contribution < 1.29 is 35.4 Å². The molecule has 5 rings (SSSR count). The van der Waals surface area contributed by atoms with Crippen molar-refractivity contribution in [2.24, 2.45) is 5.41 Å².